The maximum absolute atomic E-state index is 14.3. The number of carboxylic acid groups (broad SMARTS) is 1. The first-order chi connectivity index (χ1) is 40.4. The molecular formula is C64H70N8O9S3. The Kier molecular flexibility index (Phi) is 18.9. The molecule has 4 amide bonds. The molecule has 2 fully saturated rings. The predicted octanol–water partition coefficient (Wildman–Crippen LogP) is 10.4. The summed E-state index contributed by atoms with van der Waals surface area (Å²) in [5.41, 5.74) is 8.30. The number of aliphatic hydroxyl groups excluding tert-OH is 1. The maximum atomic E-state index is 14.3. The van der Waals surface area contributed by atoms with Crippen LogP contribution >= 0.6 is 34.0 Å². The molecule has 0 unspecified atom stereocenters. The summed E-state index contributed by atoms with van der Waals surface area (Å²) in [6.07, 6.45) is 4.13. The number of carboxylic acids is 1. The first-order valence-corrected chi connectivity index (χ1v) is 31.2. The Bertz CT molecular complexity index is 3540. The number of aromatic nitrogens is 3. The summed E-state index contributed by atoms with van der Waals surface area (Å²) in [5, 5.41) is 31.1. The molecule has 4 atom stereocenters. The number of likely N-dealkylation sites (tertiary alicyclic amines) is 1. The monoisotopic (exact) mass is 1190 g/mol. The van der Waals surface area contributed by atoms with Crippen LogP contribution in [0.2, 0.25) is 0 Å². The first-order valence-electron chi connectivity index (χ1n) is 28.6. The van der Waals surface area contributed by atoms with Gasteiger partial charge in [-0.05, 0) is 129 Å². The zero-order valence-corrected chi connectivity index (χ0v) is 50.3. The molecule has 84 heavy (non-hydrogen) atoms. The number of anilines is 2. The Labute approximate surface area is 501 Å². The Balaban J connectivity index is 0.635. The van der Waals surface area contributed by atoms with Crippen molar-refractivity contribution in [1.29, 1.82) is 0 Å². The summed E-state index contributed by atoms with van der Waals surface area (Å²) >= 11 is 4.37. The molecule has 5 heterocycles. The van der Waals surface area contributed by atoms with Crippen LogP contribution < -0.4 is 25.6 Å². The molecule has 438 valence electrons. The zero-order chi connectivity index (χ0) is 59.1. The second kappa shape index (κ2) is 26.6. The van der Waals surface area contributed by atoms with E-state index in [1.54, 1.807) is 11.3 Å². The van der Waals surface area contributed by atoms with E-state index in [0.717, 1.165) is 48.6 Å². The van der Waals surface area contributed by atoms with Gasteiger partial charge in [-0.25, -0.2) is 19.7 Å². The molecule has 5 N–H and O–H groups in total. The number of nitrogens with one attached hydrogen (secondary N) is 3. The van der Waals surface area contributed by atoms with E-state index in [0.29, 0.717) is 104 Å². The van der Waals surface area contributed by atoms with E-state index in [2.05, 4.69) is 47.6 Å². The number of aryl methyl sites for hydroxylation is 2. The van der Waals surface area contributed by atoms with Crippen molar-refractivity contribution in [1.82, 2.24) is 30.5 Å². The second-order valence-corrected chi connectivity index (χ2v) is 25.8. The van der Waals surface area contributed by atoms with Crippen LogP contribution in [-0.4, -0.2) is 110 Å². The van der Waals surface area contributed by atoms with Gasteiger partial charge >= 0.3 is 5.97 Å². The zero-order valence-electron chi connectivity index (χ0n) is 47.8. The van der Waals surface area contributed by atoms with E-state index < -0.39 is 29.6 Å². The van der Waals surface area contributed by atoms with Crippen molar-refractivity contribution in [2.75, 3.05) is 36.5 Å². The molecule has 0 bridgehead atoms. The van der Waals surface area contributed by atoms with E-state index in [1.807, 2.05) is 131 Å². The van der Waals surface area contributed by atoms with Gasteiger partial charge in [-0.15, -0.1) is 22.7 Å². The van der Waals surface area contributed by atoms with Crippen LogP contribution in [-0.2, 0) is 38.5 Å². The summed E-state index contributed by atoms with van der Waals surface area (Å²) in [6, 6.07) is 26.9. The van der Waals surface area contributed by atoms with Crippen LogP contribution in [0, 0.1) is 30.1 Å². The molecule has 7 aromatic rings. The van der Waals surface area contributed by atoms with Crippen molar-refractivity contribution < 1.29 is 43.7 Å². The highest BCUT2D eigenvalue weighted by Gasteiger charge is 2.45. The SMILES string of the molecule is Cc1ncsc1-c1ccc([C@H](C)NC(=O)[C@@H]2C[C@@H](O)CN2C(=O)[C@@H](NC(=O)C2CCC(OCCC#Cc3ccc(OCCCc4sc(N5CCc6cccc(C(=O)Nc7nc8ccccc8s7)c6C5)nc4C(=O)O)cc3)CC2)C(C)(C)C)cc1. The summed E-state index contributed by atoms with van der Waals surface area (Å²) in [4.78, 5) is 86.6. The number of ether oxygens (including phenoxy) is 2. The van der Waals surface area contributed by atoms with Crippen molar-refractivity contribution in [3.05, 3.63) is 141 Å². The lowest BCUT2D eigenvalue weighted by Gasteiger charge is -2.37. The molecule has 10 rings (SSSR count). The van der Waals surface area contributed by atoms with Crippen LogP contribution in [0.4, 0.5) is 10.3 Å². The molecule has 3 aliphatic rings. The Morgan fingerprint density at radius 1 is 0.881 bits per heavy atom. The number of aromatic carboxylic acids is 1. The molecule has 3 aromatic heterocycles. The number of nitrogens with zero attached hydrogens (tertiary/aromatic N) is 5. The largest absolute Gasteiger partial charge is 0.494 e. The summed E-state index contributed by atoms with van der Waals surface area (Å²) in [7, 11) is 0. The predicted molar refractivity (Wildman–Crippen MR) is 328 cm³/mol. The van der Waals surface area contributed by atoms with Crippen molar-refractivity contribution in [2.45, 2.75) is 129 Å². The lowest BCUT2D eigenvalue weighted by Crippen LogP contribution is -2.58. The van der Waals surface area contributed by atoms with E-state index in [4.69, 9.17) is 9.47 Å². The van der Waals surface area contributed by atoms with Crippen molar-refractivity contribution in [3.63, 3.8) is 0 Å². The molecular weight excluding hydrogens is 1120 g/mol. The van der Waals surface area contributed by atoms with Gasteiger partial charge in [-0.3, -0.25) is 24.5 Å². The molecule has 1 saturated carbocycles. The molecule has 0 spiro atoms. The van der Waals surface area contributed by atoms with Gasteiger partial charge in [-0.1, -0.05) is 92.5 Å². The van der Waals surface area contributed by atoms with Crippen LogP contribution in [0.25, 0.3) is 20.7 Å². The fourth-order valence-electron chi connectivity index (χ4n) is 11.1. The number of carbonyl (C=O) groups excluding carboxylic acids is 4. The number of para-hydroxylation sites is 1. The number of rotatable bonds is 19. The maximum Gasteiger partial charge on any atom is 0.355 e. The van der Waals surface area contributed by atoms with Crippen molar-refractivity contribution in [2.24, 2.45) is 11.3 Å². The summed E-state index contributed by atoms with van der Waals surface area (Å²) < 4.78 is 13.2. The topological polar surface area (TPSA) is 226 Å². The van der Waals surface area contributed by atoms with Crippen LogP contribution in [0.1, 0.15) is 132 Å². The highest BCUT2D eigenvalue weighted by atomic mass is 32.1. The van der Waals surface area contributed by atoms with Crippen LogP contribution in [0.15, 0.2) is 96.5 Å². The number of hydrogen-bond donors (Lipinski definition) is 5. The number of thiazole rings is 3. The lowest BCUT2D eigenvalue weighted by atomic mass is 9.83. The Morgan fingerprint density at radius 2 is 1.65 bits per heavy atom. The minimum atomic E-state index is -1.08. The number of carbonyl (C=O) groups is 5. The third-order valence-electron chi connectivity index (χ3n) is 15.8. The number of benzene rings is 4. The van der Waals surface area contributed by atoms with Crippen molar-refractivity contribution in [3.8, 4) is 28.0 Å². The Morgan fingerprint density at radius 3 is 2.38 bits per heavy atom. The van der Waals surface area contributed by atoms with E-state index in [1.165, 1.54) is 27.6 Å². The third-order valence-corrected chi connectivity index (χ3v) is 18.9. The van der Waals surface area contributed by atoms with Crippen LogP contribution in [0.5, 0.6) is 5.75 Å². The van der Waals surface area contributed by atoms with Crippen LogP contribution in [0.3, 0.4) is 0 Å². The van der Waals surface area contributed by atoms with E-state index in [9.17, 15) is 34.2 Å². The van der Waals surface area contributed by atoms with Gasteiger partial charge in [0.25, 0.3) is 5.91 Å². The van der Waals surface area contributed by atoms with Gasteiger partial charge < -0.3 is 40.1 Å². The van der Waals surface area contributed by atoms with Gasteiger partial charge in [0.2, 0.25) is 17.7 Å². The molecule has 1 aliphatic carbocycles. The average molecular weight is 1190 g/mol. The molecule has 0 radical (unpaired) electrons. The quantitative estimate of drug-likeness (QED) is 0.0376. The van der Waals surface area contributed by atoms with Gasteiger partial charge in [0, 0.05) is 54.4 Å². The van der Waals surface area contributed by atoms with E-state index >= 15 is 0 Å². The fraction of sp³-hybridized carbons (Fsp3) is 0.406. The highest BCUT2D eigenvalue weighted by Crippen LogP contribution is 2.35. The van der Waals surface area contributed by atoms with Crippen molar-refractivity contribution >= 4 is 84.1 Å². The van der Waals surface area contributed by atoms with Gasteiger partial charge in [0.05, 0.1) is 57.8 Å². The summed E-state index contributed by atoms with van der Waals surface area (Å²) in [5.74, 6) is 4.53. The lowest BCUT2D eigenvalue weighted by molar-refractivity contribution is -0.145. The Hall–Kier alpha value is -7.54. The molecule has 20 heteroatoms. The van der Waals surface area contributed by atoms with Gasteiger partial charge in [-0.2, -0.15) is 0 Å². The molecule has 2 aliphatic heterocycles. The average Bonchev–Trinajstić information content (AvgIpc) is 4.40. The number of fused-ring (bicyclic) bond motifs is 2. The van der Waals surface area contributed by atoms with Gasteiger partial charge in [0.1, 0.15) is 17.8 Å². The number of amides is 4. The van der Waals surface area contributed by atoms with E-state index in [-0.39, 0.29) is 60.4 Å². The molecule has 1 saturated heterocycles. The number of β-amino-alcohol motifs (C(OH)–C–C–N with tert-alkyl or cyclic N) is 1. The summed E-state index contributed by atoms with van der Waals surface area (Å²) in [6.45, 7) is 11.4. The number of hydrogen-bond acceptors (Lipinski definition) is 15. The standard InChI is InChI=1S/C64H70N8O9S3/c1-38(41-20-22-43(23-21-41)55-39(2)65-37-82-55)66-59(76)51-34-45(73)35-72(51)60(77)56(64(3,4)5)69-57(74)44-24-28-47(29-25-44)80-32-9-8-12-40-18-26-46(27-19-40)81-33-11-17-53-54(61(78)79)68-63(84-53)71-31-30-42-13-10-14-48(49(42)36-71)58(75)70-62-67-50-15-6-7-16-52(50)83-62/h6-7,10,13-16,18-23,26-27,37-38,44-45,47,51,56,73H,9,11,17,24-25,28-36H2,1-5H3,(H,66,76)(H,69,74)(H,78,79)(H,67,70,75)/t38-,44?,45+,47?,51-,56+/m0/s1. The highest BCUT2D eigenvalue weighted by molar-refractivity contribution is 7.22. The van der Waals surface area contributed by atoms with Gasteiger partial charge in [0.15, 0.2) is 16.0 Å². The minimum Gasteiger partial charge on any atom is -0.494 e. The first kappa shape index (κ1) is 59.6. The second-order valence-electron chi connectivity index (χ2n) is 22.8. The molecule has 17 nitrogen and oxygen atoms in total. The minimum absolute atomic E-state index is 0.00212. The third kappa shape index (κ3) is 14.3. The molecule has 4 aromatic carbocycles. The normalized spacial score (nSPS) is 18.5. The smallest absolute Gasteiger partial charge is 0.355 e. The fourth-order valence-corrected chi connectivity index (χ4v) is 13.9. The number of aliphatic hydroxyl groups is 1.